The normalized spacial score (nSPS) is 17.4. The van der Waals surface area contributed by atoms with Gasteiger partial charge in [0.05, 0.1) is 6.04 Å². The summed E-state index contributed by atoms with van der Waals surface area (Å²) in [5.74, 6) is 0.306. The van der Waals surface area contributed by atoms with Crippen molar-refractivity contribution in [3.63, 3.8) is 0 Å². The van der Waals surface area contributed by atoms with Crippen molar-refractivity contribution in [2.75, 3.05) is 5.32 Å². The number of benzene rings is 2. The van der Waals surface area contributed by atoms with Crippen molar-refractivity contribution in [1.82, 2.24) is 20.2 Å². The van der Waals surface area contributed by atoms with Crippen LogP contribution in [0, 0.1) is 0 Å². The SMILES string of the molecule is CC1(C)CC(c2cccc(-c3nnnn3C(N)=O)c2)Nc2ccc(C=O)cc21. The number of hydrogen-bond acceptors (Lipinski definition) is 6. The third-order valence-corrected chi connectivity index (χ3v) is 5.18. The number of fused-ring (bicyclic) bond motifs is 1. The second kappa shape index (κ2) is 6.56. The molecule has 28 heavy (non-hydrogen) atoms. The molecule has 2 heterocycles. The Morgan fingerprint density at radius 1 is 1.29 bits per heavy atom. The van der Waals surface area contributed by atoms with Crippen LogP contribution in [0.15, 0.2) is 42.5 Å². The van der Waals surface area contributed by atoms with E-state index in [9.17, 15) is 9.59 Å². The minimum atomic E-state index is -0.734. The van der Waals surface area contributed by atoms with E-state index in [1.165, 1.54) is 0 Å². The third-order valence-electron chi connectivity index (χ3n) is 5.18. The summed E-state index contributed by atoms with van der Waals surface area (Å²) in [6, 6.07) is 12.8. The average Bonchev–Trinajstić information content (AvgIpc) is 3.17. The predicted octanol–water partition coefficient (Wildman–Crippen LogP) is 2.91. The molecule has 1 unspecified atom stereocenters. The van der Waals surface area contributed by atoms with Crippen LogP contribution in [0.3, 0.4) is 0 Å². The third kappa shape index (κ3) is 3.02. The van der Waals surface area contributed by atoms with E-state index in [0.29, 0.717) is 17.0 Å². The first kappa shape index (κ1) is 17.8. The fourth-order valence-corrected chi connectivity index (χ4v) is 3.79. The van der Waals surface area contributed by atoms with E-state index in [2.05, 4.69) is 34.7 Å². The number of aromatic nitrogens is 4. The average molecular weight is 376 g/mol. The van der Waals surface area contributed by atoms with E-state index in [-0.39, 0.29) is 11.5 Å². The Morgan fingerprint density at radius 3 is 2.86 bits per heavy atom. The highest BCUT2D eigenvalue weighted by molar-refractivity contribution is 5.79. The lowest BCUT2D eigenvalue weighted by Crippen LogP contribution is -2.31. The molecule has 0 radical (unpaired) electrons. The van der Waals surface area contributed by atoms with Gasteiger partial charge in [0.1, 0.15) is 6.29 Å². The van der Waals surface area contributed by atoms with Gasteiger partial charge in [-0.25, -0.2) is 4.79 Å². The van der Waals surface area contributed by atoms with Gasteiger partial charge in [-0.3, -0.25) is 4.79 Å². The molecule has 2 aromatic carbocycles. The summed E-state index contributed by atoms with van der Waals surface area (Å²) in [5, 5.41) is 14.7. The van der Waals surface area contributed by atoms with Crippen LogP contribution in [0.25, 0.3) is 11.4 Å². The first-order chi connectivity index (χ1) is 13.4. The number of tetrazole rings is 1. The highest BCUT2D eigenvalue weighted by atomic mass is 16.2. The molecule has 1 aromatic heterocycles. The Hall–Kier alpha value is -3.55. The second-order valence-electron chi connectivity index (χ2n) is 7.59. The molecule has 0 saturated carbocycles. The number of amides is 1. The lowest BCUT2D eigenvalue weighted by atomic mass is 9.73. The zero-order valence-corrected chi connectivity index (χ0v) is 15.6. The summed E-state index contributed by atoms with van der Waals surface area (Å²) in [6.07, 6.45) is 1.71. The Kier molecular flexibility index (Phi) is 4.18. The smallest absolute Gasteiger partial charge is 0.342 e. The van der Waals surface area contributed by atoms with Crippen molar-refractivity contribution in [3.05, 3.63) is 59.2 Å². The van der Waals surface area contributed by atoms with Crippen molar-refractivity contribution in [3.8, 4) is 11.4 Å². The Balaban J connectivity index is 1.71. The van der Waals surface area contributed by atoms with Crippen LogP contribution < -0.4 is 11.1 Å². The van der Waals surface area contributed by atoms with Gasteiger partial charge in [-0.05, 0) is 57.7 Å². The number of anilines is 1. The molecule has 0 spiro atoms. The van der Waals surface area contributed by atoms with Gasteiger partial charge >= 0.3 is 6.03 Å². The van der Waals surface area contributed by atoms with Crippen LogP contribution in [-0.2, 0) is 5.41 Å². The first-order valence-electron chi connectivity index (χ1n) is 8.94. The monoisotopic (exact) mass is 376 g/mol. The number of nitrogens with two attached hydrogens (primary N) is 1. The van der Waals surface area contributed by atoms with Crippen LogP contribution in [0.1, 0.15) is 47.8 Å². The lowest BCUT2D eigenvalue weighted by Gasteiger charge is -2.39. The van der Waals surface area contributed by atoms with Crippen molar-refractivity contribution in [2.24, 2.45) is 5.73 Å². The molecule has 0 bridgehead atoms. The number of rotatable bonds is 3. The molecule has 8 nitrogen and oxygen atoms in total. The van der Waals surface area contributed by atoms with Gasteiger partial charge in [0.2, 0.25) is 0 Å². The molecule has 0 aliphatic carbocycles. The molecule has 8 heteroatoms. The van der Waals surface area contributed by atoms with Gasteiger partial charge in [-0.15, -0.1) is 9.78 Å². The maximum absolute atomic E-state index is 11.5. The van der Waals surface area contributed by atoms with Gasteiger partial charge < -0.3 is 11.1 Å². The van der Waals surface area contributed by atoms with Crippen molar-refractivity contribution in [1.29, 1.82) is 0 Å². The molecule has 1 amide bonds. The molecule has 0 fully saturated rings. The molecule has 4 rings (SSSR count). The van der Waals surface area contributed by atoms with Gasteiger partial charge in [0.25, 0.3) is 0 Å². The summed E-state index contributed by atoms with van der Waals surface area (Å²) in [5.41, 5.74) is 9.79. The highest BCUT2D eigenvalue weighted by Gasteiger charge is 2.33. The molecule has 1 atom stereocenters. The van der Waals surface area contributed by atoms with Crippen LogP contribution >= 0.6 is 0 Å². The molecule has 3 N–H and O–H groups in total. The Morgan fingerprint density at radius 2 is 2.11 bits per heavy atom. The van der Waals surface area contributed by atoms with Crippen molar-refractivity contribution in [2.45, 2.75) is 31.7 Å². The maximum Gasteiger partial charge on any atom is 0.342 e. The van der Waals surface area contributed by atoms with E-state index in [1.807, 2.05) is 42.5 Å². The second-order valence-corrected chi connectivity index (χ2v) is 7.59. The predicted molar refractivity (Wildman–Crippen MR) is 104 cm³/mol. The first-order valence-corrected chi connectivity index (χ1v) is 8.94. The van der Waals surface area contributed by atoms with E-state index >= 15 is 0 Å². The highest BCUT2D eigenvalue weighted by Crippen LogP contribution is 2.44. The minimum absolute atomic E-state index is 0.0578. The summed E-state index contributed by atoms with van der Waals surface area (Å²) in [6.45, 7) is 4.34. The molecule has 1 aliphatic heterocycles. The fourth-order valence-electron chi connectivity index (χ4n) is 3.79. The number of hydrogen-bond donors (Lipinski definition) is 2. The quantitative estimate of drug-likeness (QED) is 0.536. The van der Waals surface area contributed by atoms with E-state index in [0.717, 1.165) is 34.2 Å². The van der Waals surface area contributed by atoms with Gasteiger partial charge in [-0.2, -0.15) is 0 Å². The Labute approximate surface area is 161 Å². The summed E-state index contributed by atoms with van der Waals surface area (Å²) < 4.78 is 0.980. The summed E-state index contributed by atoms with van der Waals surface area (Å²) in [4.78, 5) is 22.7. The van der Waals surface area contributed by atoms with Crippen molar-refractivity contribution < 1.29 is 9.59 Å². The number of carbonyl (C=O) groups excluding carboxylic acids is 2. The van der Waals surface area contributed by atoms with Crippen LogP contribution in [-0.4, -0.2) is 32.5 Å². The fraction of sp³-hybridized carbons (Fsp3) is 0.250. The molecule has 1 aliphatic rings. The van der Waals surface area contributed by atoms with Crippen LogP contribution in [0.5, 0.6) is 0 Å². The van der Waals surface area contributed by atoms with Gasteiger partial charge in [0, 0.05) is 16.8 Å². The number of carbonyl (C=O) groups is 2. The molecule has 0 saturated heterocycles. The van der Waals surface area contributed by atoms with Crippen LogP contribution in [0.2, 0.25) is 0 Å². The van der Waals surface area contributed by atoms with E-state index in [1.54, 1.807) is 0 Å². The summed E-state index contributed by atoms with van der Waals surface area (Å²) in [7, 11) is 0. The molecular weight excluding hydrogens is 356 g/mol. The number of nitrogens with one attached hydrogen (secondary N) is 1. The summed E-state index contributed by atoms with van der Waals surface area (Å²) >= 11 is 0. The lowest BCUT2D eigenvalue weighted by molar-refractivity contribution is 0.112. The number of primary amides is 1. The minimum Gasteiger partial charge on any atom is -0.378 e. The standard InChI is InChI=1S/C20H20N6O2/c1-20(2)10-17(22-16-7-6-12(11-27)8-15(16)20)13-4-3-5-14(9-13)18-23-24-25-26(18)19(21)28/h3-9,11,17,22H,10H2,1-2H3,(H2,21,28). The molecular formula is C20H20N6O2. The number of nitrogens with zero attached hydrogens (tertiary/aromatic N) is 4. The zero-order valence-electron chi connectivity index (χ0n) is 15.6. The van der Waals surface area contributed by atoms with E-state index in [4.69, 9.17) is 5.73 Å². The van der Waals surface area contributed by atoms with Gasteiger partial charge in [0.15, 0.2) is 5.82 Å². The van der Waals surface area contributed by atoms with Crippen LogP contribution in [0.4, 0.5) is 10.5 Å². The zero-order chi connectivity index (χ0) is 19.9. The van der Waals surface area contributed by atoms with Gasteiger partial charge in [-0.1, -0.05) is 32.0 Å². The van der Waals surface area contributed by atoms with Crippen molar-refractivity contribution >= 4 is 18.0 Å². The molecule has 142 valence electrons. The largest absolute Gasteiger partial charge is 0.378 e. The topological polar surface area (TPSA) is 116 Å². The number of aldehydes is 1. The Bertz CT molecular complexity index is 1070. The molecule has 3 aromatic rings. The van der Waals surface area contributed by atoms with E-state index < -0.39 is 6.03 Å². The maximum atomic E-state index is 11.5.